The molecule has 1 aliphatic heterocycles. The fraction of sp³-hybridized carbons (Fsp3) is 0.318. The van der Waals surface area contributed by atoms with Gasteiger partial charge in [-0.3, -0.25) is 4.79 Å². The molecule has 0 saturated carbocycles. The molecule has 0 bridgehead atoms. The Kier molecular flexibility index (Phi) is 5.32. The summed E-state index contributed by atoms with van der Waals surface area (Å²) in [5, 5.41) is 12.0. The molecule has 6 nitrogen and oxygen atoms in total. The lowest BCUT2D eigenvalue weighted by molar-refractivity contribution is -0.116. The molecular formula is C22H25N5OS. The predicted molar refractivity (Wildman–Crippen MR) is 117 cm³/mol. The molecule has 0 fully saturated rings. The Morgan fingerprint density at radius 2 is 1.90 bits per heavy atom. The maximum absolute atomic E-state index is 13.3. The van der Waals surface area contributed by atoms with Gasteiger partial charge in [0.2, 0.25) is 11.1 Å². The van der Waals surface area contributed by atoms with E-state index in [9.17, 15) is 4.79 Å². The van der Waals surface area contributed by atoms with E-state index < -0.39 is 0 Å². The number of fused-ring (bicyclic) bond motifs is 1. The van der Waals surface area contributed by atoms with Gasteiger partial charge in [0.15, 0.2) is 5.82 Å². The minimum absolute atomic E-state index is 0.0472. The molecule has 0 saturated heterocycles. The average molecular weight is 408 g/mol. The van der Waals surface area contributed by atoms with Crippen LogP contribution in [-0.4, -0.2) is 26.0 Å². The van der Waals surface area contributed by atoms with Gasteiger partial charge >= 0.3 is 0 Å². The van der Waals surface area contributed by atoms with Crippen LogP contribution in [-0.2, 0) is 11.2 Å². The maximum Gasteiger partial charge on any atom is 0.240 e. The van der Waals surface area contributed by atoms with Gasteiger partial charge in [-0.05, 0) is 43.5 Å². The molecule has 0 unspecified atom stereocenters. The first-order valence-corrected chi connectivity index (χ1v) is 10.7. The topological polar surface area (TPSA) is 71.8 Å². The summed E-state index contributed by atoms with van der Waals surface area (Å²) < 4.78 is 1.91. The number of aryl methyl sites for hydroxylation is 3. The third-order valence-corrected chi connectivity index (χ3v) is 6.59. The molecule has 0 radical (unpaired) electrons. The number of amides is 1. The molecule has 2 N–H and O–H groups in total. The fourth-order valence-electron chi connectivity index (χ4n) is 3.44. The summed E-state index contributed by atoms with van der Waals surface area (Å²) in [6.07, 6.45) is 0.764. The summed E-state index contributed by atoms with van der Waals surface area (Å²) in [6.45, 7) is 8.18. The van der Waals surface area contributed by atoms with E-state index in [-0.39, 0.29) is 17.2 Å². The SMILES string of the molecule is CCc1nnc2n1N[C@@H](c1ccc(C)cc1)[C@@H](C(=O)Nc1cccc(C)c1C)S2. The first-order chi connectivity index (χ1) is 14.0. The van der Waals surface area contributed by atoms with Crippen LogP contribution in [0.1, 0.15) is 41.0 Å². The Hall–Kier alpha value is -2.80. The molecule has 29 heavy (non-hydrogen) atoms. The van der Waals surface area contributed by atoms with E-state index in [0.717, 1.165) is 34.6 Å². The van der Waals surface area contributed by atoms with Crippen molar-refractivity contribution in [3.8, 4) is 0 Å². The molecule has 4 rings (SSSR count). The molecule has 1 aliphatic rings. The molecule has 2 heterocycles. The Balaban J connectivity index is 1.69. The van der Waals surface area contributed by atoms with Crippen LogP contribution in [0.5, 0.6) is 0 Å². The molecule has 1 amide bonds. The summed E-state index contributed by atoms with van der Waals surface area (Å²) in [5.74, 6) is 0.812. The second kappa shape index (κ2) is 7.91. The molecule has 0 spiro atoms. The lowest BCUT2D eigenvalue weighted by atomic mass is 10.0. The van der Waals surface area contributed by atoms with Gasteiger partial charge in [-0.1, -0.05) is 60.6 Å². The quantitative estimate of drug-likeness (QED) is 0.679. The van der Waals surface area contributed by atoms with Gasteiger partial charge in [0.05, 0.1) is 6.04 Å². The number of carbonyl (C=O) groups is 1. The number of anilines is 1. The number of nitrogens with zero attached hydrogens (tertiary/aromatic N) is 3. The van der Waals surface area contributed by atoms with Crippen LogP contribution in [0.15, 0.2) is 47.6 Å². The standard InChI is InChI=1S/C22H25N5OS/c1-5-18-24-25-22-27(18)26-19(16-11-9-13(2)10-12-16)20(29-22)21(28)23-17-8-6-7-14(3)15(17)4/h6-12,19-20,26H,5H2,1-4H3,(H,23,28)/t19-,20-/m0/s1. The molecule has 150 valence electrons. The van der Waals surface area contributed by atoms with Crippen LogP contribution in [0.25, 0.3) is 0 Å². The molecule has 2 atom stereocenters. The van der Waals surface area contributed by atoms with Gasteiger partial charge in [0.25, 0.3) is 0 Å². The minimum atomic E-state index is -0.376. The van der Waals surface area contributed by atoms with Crippen LogP contribution < -0.4 is 10.7 Å². The summed E-state index contributed by atoms with van der Waals surface area (Å²) >= 11 is 1.45. The van der Waals surface area contributed by atoms with Gasteiger partial charge in [-0.15, -0.1) is 10.2 Å². The van der Waals surface area contributed by atoms with E-state index in [4.69, 9.17) is 0 Å². The number of hydrogen-bond donors (Lipinski definition) is 2. The number of carbonyl (C=O) groups excluding carboxylic acids is 1. The molecule has 1 aromatic heterocycles. The van der Waals surface area contributed by atoms with Crippen molar-refractivity contribution in [3.63, 3.8) is 0 Å². The molecule has 2 aromatic carbocycles. The molecular weight excluding hydrogens is 382 g/mol. The molecule has 0 aliphatic carbocycles. The van der Waals surface area contributed by atoms with Gasteiger partial charge in [0.1, 0.15) is 5.25 Å². The highest BCUT2D eigenvalue weighted by atomic mass is 32.2. The highest BCUT2D eigenvalue weighted by molar-refractivity contribution is 8.00. The summed E-state index contributed by atoms with van der Waals surface area (Å²) in [5.41, 5.74) is 8.81. The van der Waals surface area contributed by atoms with Gasteiger partial charge < -0.3 is 10.7 Å². The number of hydrogen-bond acceptors (Lipinski definition) is 5. The summed E-state index contributed by atoms with van der Waals surface area (Å²) in [4.78, 5) is 13.3. The van der Waals surface area contributed by atoms with Crippen LogP contribution in [0, 0.1) is 20.8 Å². The Bertz CT molecular complexity index is 1040. The third kappa shape index (κ3) is 3.74. The maximum atomic E-state index is 13.3. The Morgan fingerprint density at radius 3 is 2.62 bits per heavy atom. The average Bonchev–Trinajstić information content (AvgIpc) is 3.13. The van der Waals surface area contributed by atoms with Crippen LogP contribution >= 0.6 is 11.8 Å². The third-order valence-electron chi connectivity index (χ3n) is 5.38. The van der Waals surface area contributed by atoms with Crippen molar-refractivity contribution in [2.75, 3.05) is 10.7 Å². The summed E-state index contributed by atoms with van der Waals surface area (Å²) in [6, 6.07) is 14.1. The van der Waals surface area contributed by atoms with Crippen LogP contribution in [0.3, 0.4) is 0 Å². The number of nitrogens with one attached hydrogen (secondary N) is 2. The van der Waals surface area contributed by atoms with E-state index in [1.54, 1.807) is 0 Å². The monoisotopic (exact) mass is 407 g/mol. The number of rotatable bonds is 4. The lowest BCUT2D eigenvalue weighted by Crippen LogP contribution is -2.41. The fourth-order valence-corrected chi connectivity index (χ4v) is 4.54. The zero-order valence-corrected chi connectivity index (χ0v) is 17.9. The van der Waals surface area contributed by atoms with E-state index in [0.29, 0.717) is 5.16 Å². The van der Waals surface area contributed by atoms with Gasteiger partial charge in [-0.2, -0.15) is 0 Å². The van der Waals surface area contributed by atoms with Gasteiger partial charge in [-0.25, -0.2) is 4.68 Å². The molecule has 3 aromatic rings. The Labute approximate surface area is 175 Å². The van der Waals surface area contributed by atoms with Crippen molar-refractivity contribution in [1.82, 2.24) is 14.9 Å². The van der Waals surface area contributed by atoms with E-state index >= 15 is 0 Å². The lowest BCUT2D eigenvalue weighted by Gasteiger charge is -2.33. The number of benzene rings is 2. The number of thioether (sulfide) groups is 1. The van der Waals surface area contributed by atoms with Crippen molar-refractivity contribution in [2.45, 2.75) is 50.6 Å². The molecule has 7 heteroatoms. The van der Waals surface area contributed by atoms with Crippen molar-refractivity contribution in [2.24, 2.45) is 0 Å². The summed E-state index contributed by atoms with van der Waals surface area (Å²) in [7, 11) is 0. The van der Waals surface area contributed by atoms with Crippen molar-refractivity contribution < 1.29 is 4.79 Å². The van der Waals surface area contributed by atoms with Crippen molar-refractivity contribution in [1.29, 1.82) is 0 Å². The second-order valence-electron chi connectivity index (χ2n) is 7.38. The zero-order valence-electron chi connectivity index (χ0n) is 17.1. The highest BCUT2D eigenvalue weighted by Gasteiger charge is 2.37. The smallest absolute Gasteiger partial charge is 0.240 e. The van der Waals surface area contributed by atoms with E-state index in [1.807, 2.05) is 43.6 Å². The van der Waals surface area contributed by atoms with Crippen LogP contribution in [0.2, 0.25) is 0 Å². The second-order valence-corrected chi connectivity index (χ2v) is 8.49. The first-order valence-electron chi connectivity index (χ1n) is 9.79. The number of aromatic nitrogens is 3. The normalized spacial score (nSPS) is 18.1. The largest absolute Gasteiger partial charge is 0.325 e. The van der Waals surface area contributed by atoms with Crippen LogP contribution in [0.4, 0.5) is 5.69 Å². The van der Waals surface area contributed by atoms with E-state index in [2.05, 4.69) is 52.1 Å². The van der Waals surface area contributed by atoms with E-state index in [1.165, 1.54) is 17.3 Å². The van der Waals surface area contributed by atoms with Crippen molar-refractivity contribution in [3.05, 3.63) is 70.5 Å². The highest BCUT2D eigenvalue weighted by Crippen LogP contribution is 2.38. The first kappa shape index (κ1) is 19.5. The minimum Gasteiger partial charge on any atom is -0.325 e. The van der Waals surface area contributed by atoms with Gasteiger partial charge in [0, 0.05) is 12.1 Å². The van der Waals surface area contributed by atoms with Crippen molar-refractivity contribution >= 4 is 23.4 Å². The zero-order chi connectivity index (χ0) is 20.5. The Morgan fingerprint density at radius 1 is 1.14 bits per heavy atom. The predicted octanol–water partition coefficient (Wildman–Crippen LogP) is 4.16.